The number of hydrogen-bond acceptors (Lipinski definition) is 3. The molecule has 5 heteroatoms. The Labute approximate surface area is 191 Å². The van der Waals surface area contributed by atoms with Crippen LogP contribution in [0.1, 0.15) is 63.5 Å². The van der Waals surface area contributed by atoms with Crippen molar-refractivity contribution in [2.45, 2.75) is 64.5 Å². The Morgan fingerprint density at radius 2 is 1.88 bits per heavy atom. The van der Waals surface area contributed by atoms with Crippen LogP contribution in [0.2, 0.25) is 0 Å². The number of halogens is 1. The van der Waals surface area contributed by atoms with Gasteiger partial charge in [-0.1, -0.05) is 31.2 Å². The van der Waals surface area contributed by atoms with E-state index < -0.39 is 0 Å². The molecule has 0 radical (unpaired) electrons. The maximum atomic E-state index is 13.6. The number of amides is 1. The lowest BCUT2D eigenvalue weighted by Gasteiger charge is -2.40. The van der Waals surface area contributed by atoms with E-state index in [-0.39, 0.29) is 23.2 Å². The molecule has 1 fully saturated rings. The average Bonchev–Trinajstić information content (AvgIpc) is 2.79. The average molecular weight is 442 g/mol. The molecular weight excluding hydrogens is 405 g/mol. The fraction of sp³-hybridized carbons (Fsp3) is 0.519. The minimum absolute atomic E-state index is 0.144. The molecule has 1 saturated heterocycles. The summed E-state index contributed by atoms with van der Waals surface area (Å²) < 4.78 is 24.8. The summed E-state index contributed by atoms with van der Waals surface area (Å²) in [5.74, 6) is 1.42. The van der Waals surface area contributed by atoms with Crippen LogP contribution in [0.3, 0.4) is 0 Å². The van der Waals surface area contributed by atoms with Crippen LogP contribution in [-0.2, 0) is 16.1 Å². The Kier molecular flexibility index (Phi) is 8.30. The third kappa shape index (κ3) is 6.55. The van der Waals surface area contributed by atoms with E-state index in [0.717, 1.165) is 42.7 Å². The van der Waals surface area contributed by atoms with E-state index in [2.05, 4.69) is 13.8 Å². The molecule has 0 spiro atoms. The zero-order valence-electron chi connectivity index (χ0n) is 19.8. The minimum Gasteiger partial charge on any atom is -0.497 e. The molecule has 0 aliphatic carbocycles. The third-order valence-electron chi connectivity index (χ3n) is 6.50. The fourth-order valence-corrected chi connectivity index (χ4v) is 4.77. The maximum absolute atomic E-state index is 13.6. The number of carbonyl (C=O) groups excluding carboxylic acids is 1. The normalized spacial score (nSPS) is 18.7. The lowest BCUT2D eigenvalue weighted by Crippen LogP contribution is -2.38. The van der Waals surface area contributed by atoms with Crippen LogP contribution in [0.25, 0.3) is 0 Å². The van der Waals surface area contributed by atoms with Gasteiger partial charge in [0.1, 0.15) is 11.6 Å². The van der Waals surface area contributed by atoms with Gasteiger partial charge in [-0.3, -0.25) is 4.79 Å². The largest absolute Gasteiger partial charge is 0.497 e. The van der Waals surface area contributed by atoms with Crippen LogP contribution in [0.5, 0.6) is 5.75 Å². The van der Waals surface area contributed by atoms with Crippen molar-refractivity contribution in [1.29, 1.82) is 0 Å². The van der Waals surface area contributed by atoms with E-state index in [1.807, 2.05) is 48.2 Å². The number of nitrogens with zero attached hydrogens (tertiary/aromatic N) is 1. The van der Waals surface area contributed by atoms with E-state index in [1.165, 1.54) is 0 Å². The van der Waals surface area contributed by atoms with Gasteiger partial charge in [-0.25, -0.2) is 4.39 Å². The van der Waals surface area contributed by atoms with Crippen LogP contribution in [0.4, 0.5) is 4.39 Å². The van der Waals surface area contributed by atoms with Gasteiger partial charge in [-0.05, 0) is 80.3 Å². The zero-order chi connectivity index (χ0) is 23.1. The van der Waals surface area contributed by atoms with Gasteiger partial charge in [-0.15, -0.1) is 0 Å². The molecular formula is C27H36FNO3. The van der Waals surface area contributed by atoms with Gasteiger partial charge < -0.3 is 14.4 Å². The van der Waals surface area contributed by atoms with Crippen molar-refractivity contribution in [1.82, 2.24) is 4.90 Å². The number of hydrogen-bond donors (Lipinski definition) is 0. The van der Waals surface area contributed by atoms with Crippen molar-refractivity contribution in [3.05, 3.63) is 65.5 Å². The standard InChI is InChI=1S/C27H36FNO3/c1-5-26(30)29(19-20-6-12-24(31-4)13-7-20)16-14-25(21-8-10-23(28)11-9-21)22-15-17-32-27(2,3)18-22/h6-13,22,25H,5,14-19H2,1-4H3/t22-,25-/m0/s1. The van der Waals surface area contributed by atoms with Crippen molar-refractivity contribution >= 4 is 5.91 Å². The predicted molar refractivity (Wildman–Crippen MR) is 125 cm³/mol. The molecule has 2 atom stereocenters. The first-order valence-electron chi connectivity index (χ1n) is 11.6. The molecule has 4 nitrogen and oxygen atoms in total. The highest BCUT2D eigenvalue weighted by Gasteiger charge is 2.34. The van der Waals surface area contributed by atoms with Crippen LogP contribution in [-0.4, -0.2) is 36.7 Å². The highest BCUT2D eigenvalue weighted by Crippen LogP contribution is 2.40. The number of ether oxygens (including phenoxy) is 2. The Morgan fingerprint density at radius 1 is 1.19 bits per heavy atom. The lowest BCUT2D eigenvalue weighted by molar-refractivity contribution is -0.131. The Balaban J connectivity index is 1.77. The van der Waals surface area contributed by atoms with E-state index >= 15 is 0 Å². The summed E-state index contributed by atoms with van der Waals surface area (Å²) in [4.78, 5) is 14.7. The van der Waals surface area contributed by atoms with Crippen LogP contribution >= 0.6 is 0 Å². The molecule has 174 valence electrons. The molecule has 0 unspecified atom stereocenters. The van der Waals surface area contributed by atoms with Gasteiger partial charge in [0.2, 0.25) is 5.91 Å². The minimum atomic E-state index is -0.220. The number of rotatable bonds is 9. The summed E-state index contributed by atoms with van der Waals surface area (Å²) in [6, 6.07) is 14.7. The summed E-state index contributed by atoms with van der Waals surface area (Å²) in [6.45, 7) is 8.15. The first-order valence-corrected chi connectivity index (χ1v) is 11.6. The molecule has 1 aliphatic rings. The Bertz CT molecular complexity index is 863. The molecule has 2 aromatic rings. The molecule has 32 heavy (non-hydrogen) atoms. The van der Waals surface area contributed by atoms with Crippen LogP contribution < -0.4 is 4.74 Å². The van der Waals surface area contributed by atoms with Gasteiger partial charge in [0.05, 0.1) is 12.7 Å². The second-order valence-electron chi connectivity index (χ2n) is 9.32. The van der Waals surface area contributed by atoms with Crippen LogP contribution in [0.15, 0.2) is 48.5 Å². The van der Waals surface area contributed by atoms with E-state index in [0.29, 0.717) is 25.4 Å². The summed E-state index contributed by atoms with van der Waals surface area (Å²) in [7, 11) is 1.65. The molecule has 2 aromatic carbocycles. The first-order chi connectivity index (χ1) is 15.3. The molecule has 1 amide bonds. The number of carbonyl (C=O) groups is 1. The Morgan fingerprint density at radius 3 is 2.47 bits per heavy atom. The van der Waals surface area contributed by atoms with Crippen molar-refractivity contribution < 1.29 is 18.7 Å². The number of benzene rings is 2. The van der Waals surface area contributed by atoms with Crippen molar-refractivity contribution in [2.24, 2.45) is 5.92 Å². The highest BCUT2D eigenvalue weighted by molar-refractivity contribution is 5.75. The molecule has 3 rings (SSSR count). The van der Waals surface area contributed by atoms with Gasteiger partial charge in [0.25, 0.3) is 0 Å². The van der Waals surface area contributed by atoms with Crippen molar-refractivity contribution in [3.8, 4) is 5.75 Å². The van der Waals surface area contributed by atoms with E-state index in [9.17, 15) is 9.18 Å². The maximum Gasteiger partial charge on any atom is 0.222 e. The van der Waals surface area contributed by atoms with Crippen LogP contribution in [0, 0.1) is 11.7 Å². The van der Waals surface area contributed by atoms with E-state index in [4.69, 9.17) is 9.47 Å². The summed E-state index contributed by atoms with van der Waals surface area (Å²) in [6.07, 6.45) is 3.25. The molecule has 0 bridgehead atoms. The molecule has 1 aliphatic heterocycles. The third-order valence-corrected chi connectivity index (χ3v) is 6.50. The lowest BCUT2D eigenvalue weighted by atomic mass is 9.75. The SMILES string of the molecule is CCC(=O)N(CC[C@@H](c1ccc(F)cc1)[C@H]1CCOC(C)(C)C1)Cc1ccc(OC)cc1. The van der Waals surface area contributed by atoms with Gasteiger partial charge in [0.15, 0.2) is 0 Å². The van der Waals surface area contributed by atoms with E-state index in [1.54, 1.807) is 19.2 Å². The quantitative estimate of drug-likeness (QED) is 0.482. The highest BCUT2D eigenvalue weighted by atomic mass is 19.1. The summed E-state index contributed by atoms with van der Waals surface area (Å²) in [5, 5.41) is 0. The second kappa shape index (κ2) is 11.0. The van der Waals surface area contributed by atoms with Crippen molar-refractivity contribution in [2.75, 3.05) is 20.3 Å². The smallest absolute Gasteiger partial charge is 0.222 e. The molecule has 0 aromatic heterocycles. The number of methoxy groups -OCH3 is 1. The van der Waals surface area contributed by atoms with Gasteiger partial charge in [-0.2, -0.15) is 0 Å². The van der Waals surface area contributed by atoms with Gasteiger partial charge >= 0.3 is 0 Å². The molecule has 1 heterocycles. The first kappa shape index (κ1) is 24.2. The monoisotopic (exact) mass is 441 g/mol. The Hall–Kier alpha value is -2.40. The van der Waals surface area contributed by atoms with Gasteiger partial charge in [0, 0.05) is 26.1 Å². The summed E-state index contributed by atoms with van der Waals surface area (Å²) >= 11 is 0. The van der Waals surface area contributed by atoms with Crippen molar-refractivity contribution in [3.63, 3.8) is 0 Å². The summed E-state index contributed by atoms with van der Waals surface area (Å²) in [5.41, 5.74) is 2.06. The predicted octanol–water partition coefficient (Wildman–Crippen LogP) is 5.95. The zero-order valence-corrected chi connectivity index (χ0v) is 19.8. The molecule has 0 saturated carbocycles. The molecule has 0 N–H and O–H groups in total. The second-order valence-corrected chi connectivity index (χ2v) is 9.32. The topological polar surface area (TPSA) is 38.8 Å². The fourth-order valence-electron chi connectivity index (χ4n) is 4.77.